The van der Waals surface area contributed by atoms with Gasteiger partial charge in [0.1, 0.15) is 5.82 Å². The van der Waals surface area contributed by atoms with E-state index >= 15 is 0 Å². The highest BCUT2D eigenvalue weighted by Gasteiger charge is 2.20. The molecule has 0 saturated heterocycles. The van der Waals surface area contributed by atoms with Crippen LogP contribution in [0.15, 0.2) is 16.7 Å². The summed E-state index contributed by atoms with van der Waals surface area (Å²) in [5, 5.41) is 0. The first-order chi connectivity index (χ1) is 7.70. The summed E-state index contributed by atoms with van der Waals surface area (Å²) < 4.78 is 1.14. The molecule has 88 valence electrons. The van der Waals surface area contributed by atoms with E-state index in [1.807, 2.05) is 12.3 Å². The molecule has 2 nitrogen and oxygen atoms in total. The van der Waals surface area contributed by atoms with Crippen molar-refractivity contribution in [2.75, 3.05) is 11.9 Å². The molecule has 1 saturated carbocycles. The van der Waals surface area contributed by atoms with Crippen LogP contribution in [0.4, 0.5) is 5.82 Å². The third kappa shape index (κ3) is 2.40. The van der Waals surface area contributed by atoms with Crippen molar-refractivity contribution in [1.82, 2.24) is 4.98 Å². The molecule has 0 spiro atoms. The highest BCUT2D eigenvalue weighted by atomic mass is 79.9. The zero-order valence-electron chi connectivity index (χ0n) is 10.0. The van der Waals surface area contributed by atoms with Gasteiger partial charge >= 0.3 is 0 Å². The van der Waals surface area contributed by atoms with Gasteiger partial charge in [-0.05, 0) is 47.3 Å². The van der Waals surface area contributed by atoms with Gasteiger partial charge < -0.3 is 4.90 Å². The maximum absolute atomic E-state index is 4.49. The second-order valence-corrected chi connectivity index (χ2v) is 5.46. The molecule has 0 radical (unpaired) electrons. The van der Waals surface area contributed by atoms with Crippen molar-refractivity contribution in [3.05, 3.63) is 22.3 Å². The standard InChI is InChI=1S/C13H19BrN2/c1-10-8-9-15-13(12(10)14)16(2)11-6-4-3-5-7-11/h8-9,11H,3-7H2,1-2H3. The molecule has 0 amide bonds. The van der Waals surface area contributed by atoms with Crippen LogP contribution in [0.3, 0.4) is 0 Å². The summed E-state index contributed by atoms with van der Waals surface area (Å²) >= 11 is 3.64. The van der Waals surface area contributed by atoms with Crippen molar-refractivity contribution in [3.8, 4) is 0 Å². The normalized spacial score (nSPS) is 17.4. The van der Waals surface area contributed by atoms with Gasteiger partial charge in [0.2, 0.25) is 0 Å². The Morgan fingerprint density at radius 2 is 2.00 bits per heavy atom. The number of anilines is 1. The molecule has 1 aliphatic carbocycles. The molecular weight excluding hydrogens is 264 g/mol. The zero-order valence-corrected chi connectivity index (χ0v) is 11.6. The minimum atomic E-state index is 0.666. The summed E-state index contributed by atoms with van der Waals surface area (Å²) in [7, 11) is 2.17. The fourth-order valence-corrected chi connectivity index (χ4v) is 2.93. The predicted molar refractivity (Wildman–Crippen MR) is 72.0 cm³/mol. The number of pyridine rings is 1. The van der Waals surface area contributed by atoms with Gasteiger partial charge in [-0.15, -0.1) is 0 Å². The third-order valence-corrected chi connectivity index (χ3v) is 4.50. The molecule has 0 aromatic carbocycles. The molecular formula is C13H19BrN2. The molecule has 1 aliphatic rings. The average Bonchev–Trinajstić information content (AvgIpc) is 2.33. The monoisotopic (exact) mass is 282 g/mol. The van der Waals surface area contributed by atoms with Crippen molar-refractivity contribution < 1.29 is 0 Å². The summed E-state index contributed by atoms with van der Waals surface area (Å²) in [5.41, 5.74) is 1.26. The Morgan fingerprint density at radius 3 is 2.69 bits per heavy atom. The van der Waals surface area contributed by atoms with Gasteiger partial charge in [-0.25, -0.2) is 4.98 Å². The molecule has 16 heavy (non-hydrogen) atoms. The van der Waals surface area contributed by atoms with Crippen molar-refractivity contribution in [3.63, 3.8) is 0 Å². The van der Waals surface area contributed by atoms with Gasteiger partial charge in [0.05, 0.1) is 4.47 Å². The molecule has 2 rings (SSSR count). The van der Waals surface area contributed by atoms with Crippen LogP contribution < -0.4 is 4.90 Å². The van der Waals surface area contributed by atoms with Gasteiger partial charge in [0.25, 0.3) is 0 Å². The summed E-state index contributed by atoms with van der Waals surface area (Å²) in [6, 6.07) is 2.71. The number of hydrogen-bond donors (Lipinski definition) is 0. The Bertz CT molecular complexity index is 359. The number of aryl methyl sites for hydroxylation is 1. The first-order valence-electron chi connectivity index (χ1n) is 6.04. The maximum atomic E-state index is 4.49. The van der Waals surface area contributed by atoms with Gasteiger partial charge in [-0.3, -0.25) is 0 Å². The van der Waals surface area contributed by atoms with E-state index in [0.717, 1.165) is 10.3 Å². The van der Waals surface area contributed by atoms with Crippen molar-refractivity contribution in [1.29, 1.82) is 0 Å². The van der Waals surface area contributed by atoms with Gasteiger partial charge in [0, 0.05) is 19.3 Å². The fraction of sp³-hybridized carbons (Fsp3) is 0.615. The van der Waals surface area contributed by atoms with Crippen molar-refractivity contribution >= 4 is 21.7 Å². The number of rotatable bonds is 2. The van der Waals surface area contributed by atoms with Crippen LogP contribution in [-0.2, 0) is 0 Å². The van der Waals surface area contributed by atoms with Crippen LogP contribution in [0.2, 0.25) is 0 Å². The first-order valence-corrected chi connectivity index (χ1v) is 6.83. The second-order valence-electron chi connectivity index (χ2n) is 4.67. The maximum Gasteiger partial charge on any atom is 0.143 e. The van der Waals surface area contributed by atoms with Crippen LogP contribution in [0, 0.1) is 6.92 Å². The molecule has 0 aliphatic heterocycles. The molecule has 0 N–H and O–H groups in total. The third-order valence-electron chi connectivity index (χ3n) is 3.52. The molecule has 0 atom stereocenters. The van der Waals surface area contributed by atoms with E-state index in [1.165, 1.54) is 37.7 Å². The van der Waals surface area contributed by atoms with E-state index < -0.39 is 0 Å². The SMILES string of the molecule is Cc1ccnc(N(C)C2CCCCC2)c1Br. The molecule has 1 heterocycles. The van der Waals surface area contributed by atoms with E-state index in [4.69, 9.17) is 0 Å². The Kier molecular flexibility index (Phi) is 3.85. The molecule has 1 aromatic heterocycles. The number of hydrogen-bond acceptors (Lipinski definition) is 2. The van der Waals surface area contributed by atoms with E-state index in [-0.39, 0.29) is 0 Å². The number of halogens is 1. The second kappa shape index (κ2) is 5.17. The molecule has 0 bridgehead atoms. The van der Waals surface area contributed by atoms with Crippen molar-refractivity contribution in [2.45, 2.75) is 45.1 Å². The van der Waals surface area contributed by atoms with Crippen LogP contribution in [-0.4, -0.2) is 18.1 Å². The molecule has 0 unspecified atom stereocenters. The molecule has 1 aromatic rings. The molecule has 1 fully saturated rings. The topological polar surface area (TPSA) is 16.1 Å². The summed E-state index contributed by atoms with van der Waals surface area (Å²) in [6.07, 6.45) is 8.62. The predicted octanol–water partition coefficient (Wildman–Crippen LogP) is 3.92. The average molecular weight is 283 g/mol. The van der Waals surface area contributed by atoms with Crippen LogP contribution in [0.25, 0.3) is 0 Å². The van der Waals surface area contributed by atoms with E-state index in [2.05, 4.69) is 39.8 Å². The summed E-state index contributed by atoms with van der Waals surface area (Å²) in [6.45, 7) is 2.12. The lowest BCUT2D eigenvalue weighted by Gasteiger charge is -2.32. The minimum Gasteiger partial charge on any atom is -0.356 e. The lowest BCUT2D eigenvalue weighted by Crippen LogP contribution is -2.34. The van der Waals surface area contributed by atoms with Crippen LogP contribution in [0.1, 0.15) is 37.7 Å². The van der Waals surface area contributed by atoms with Gasteiger partial charge in [-0.2, -0.15) is 0 Å². The first kappa shape index (κ1) is 11.9. The minimum absolute atomic E-state index is 0.666. The zero-order chi connectivity index (χ0) is 11.5. The number of nitrogens with zero attached hydrogens (tertiary/aromatic N) is 2. The van der Waals surface area contributed by atoms with Crippen LogP contribution >= 0.6 is 15.9 Å². The van der Waals surface area contributed by atoms with Gasteiger partial charge in [-0.1, -0.05) is 19.3 Å². The Balaban J connectivity index is 2.19. The highest BCUT2D eigenvalue weighted by molar-refractivity contribution is 9.10. The fourth-order valence-electron chi connectivity index (χ4n) is 2.41. The number of aromatic nitrogens is 1. The summed E-state index contributed by atoms with van der Waals surface area (Å²) in [4.78, 5) is 6.84. The highest BCUT2D eigenvalue weighted by Crippen LogP contribution is 2.31. The smallest absolute Gasteiger partial charge is 0.143 e. The van der Waals surface area contributed by atoms with Crippen molar-refractivity contribution in [2.24, 2.45) is 0 Å². The van der Waals surface area contributed by atoms with E-state index in [9.17, 15) is 0 Å². The Morgan fingerprint density at radius 1 is 1.31 bits per heavy atom. The quantitative estimate of drug-likeness (QED) is 0.817. The Labute approximate surface area is 106 Å². The van der Waals surface area contributed by atoms with E-state index in [1.54, 1.807) is 0 Å². The summed E-state index contributed by atoms with van der Waals surface area (Å²) in [5.74, 6) is 1.09. The van der Waals surface area contributed by atoms with Crippen LogP contribution in [0.5, 0.6) is 0 Å². The lowest BCUT2D eigenvalue weighted by atomic mass is 9.94. The molecule has 3 heteroatoms. The largest absolute Gasteiger partial charge is 0.356 e. The van der Waals surface area contributed by atoms with E-state index in [0.29, 0.717) is 6.04 Å². The lowest BCUT2D eigenvalue weighted by molar-refractivity contribution is 0.425. The van der Waals surface area contributed by atoms with Gasteiger partial charge in [0.15, 0.2) is 0 Å². The Hall–Kier alpha value is -0.570.